The fourth-order valence-corrected chi connectivity index (χ4v) is 4.70. The molecule has 1 fully saturated rings. The van der Waals surface area contributed by atoms with Gasteiger partial charge in [0, 0.05) is 49.2 Å². The van der Waals surface area contributed by atoms with E-state index in [4.69, 9.17) is 9.40 Å². The summed E-state index contributed by atoms with van der Waals surface area (Å²) in [5, 5.41) is 0. The molecule has 168 valence electrons. The first-order valence-corrected chi connectivity index (χ1v) is 11.8. The van der Waals surface area contributed by atoms with E-state index in [1.54, 1.807) is 0 Å². The van der Waals surface area contributed by atoms with Crippen molar-refractivity contribution in [1.82, 2.24) is 9.88 Å². The normalized spacial score (nSPS) is 14.6. The average molecular weight is 446 g/mol. The van der Waals surface area contributed by atoms with Gasteiger partial charge in [-0.2, -0.15) is 0 Å². The van der Waals surface area contributed by atoms with Crippen molar-refractivity contribution >= 4 is 16.8 Å². The highest BCUT2D eigenvalue weighted by molar-refractivity contribution is 5.93. The van der Waals surface area contributed by atoms with E-state index >= 15 is 0 Å². The molecule has 6 rings (SSSR count). The summed E-state index contributed by atoms with van der Waals surface area (Å²) in [6.07, 6.45) is 3.77. The number of piperazine rings is 1. The van der Waals surface area contributed by atoms with Crippen LogP contribution in [0.4, 0.5) is 5.69 Å². The van der Waals surface area contributed by atoms with Crippen molar-refractivity contribution in [3.05, 3.63) is 97.4 Å². The molecule has 34 heavy (non-hydrogen) atoms. The van der Waals surface area contributed by atoms with Crippen LogP contribution in [0.15, 0.2) is 102 Å². The second-order valence-electron chi connectivity index (χ2n) is 9.00. The van der Waals surface area contributed by atoms with Gasteiger partial charge in [0.25, 0.3) is 0 Å². The van der Waals surface area contributed by atoms with Crippen LogP contribution in [0.1, 0.15) is 0 Å². The standard InChI is InChI=1S/C30H27N3O/c1-32-14-16-33(17-15-32)27-12-10-23(11-13-27)26-19-29-30(31-20-26)28(21-34-29)25-9-5-8-24(18-25)22-6-3-2-4-7-22/h2-13,18-21H,14-17H2,1H3. The number of likely N-dealkylation sites (N-methyl/N-ethyl adjacent to an activating group) is 1. The molecule has 2 aromatic heterocycles. The van der Waals surface area contributed by atoms with Crippen molar-refractivity contribution in [2.24, 2.45) is 0 Å². The summed E-state index contributed by atoms with van der Waals surface area (Å²) in [6.45, 7) is 4.36. The van der Waals surface area contributed by atoms with Crippen molar-refractivity contribution < 1.29 is 4.42 Å². The Labute approximate surface area is 200 Å². The minimum atomic E-state index is 0.806. The van der Waals surface area contributed by atoms with E-state index in [0.29, 0.717) is 0 Å². The largest absolute Gasteiger partial charge is 0.462 e. The van der Waals surface area contributed by atoms with Crippen molar-refractivity contribution in [1.29, 1.82) is 0 Å². The van der Waals surface area contributed by atoms with Gasteiger partial charge >= 0.3 is 0 Å². The molecule has 1 saturated heterocycles. The summed E-state index contributed by atoms with van der Waals surface area (Å²) in [4.78, 5) is 9.64. The van der Waals surface area contributed by atoms with E-state index < -0.39 is 0 Å². The summed E-state index contributed by atoms with van der Waals surface area (Å²) >= 11 is 0. The van der Waals surface area contributed by atoms with Crippen LogP contribution in [0.5, 0.6) is 0 Å². The van der Waals surface area contributed by atoms with Crippen molar-refractivity contribution in [2.75, 3.05) is 38.1 Å². The topological polar surface area (TPSA) is 32.5 Å². The van der Waals surface area contributed by atoms with Gasteiger partial charge in [-0.15, -0.1) is 0 Å². The summed E-state index contributed by atoms with van der Waals surface area (Å²) in [5.41, 5.74) is 9.71. The van der Waals surface area contributed by atoms with Gasteiger partial charge in [0.1, 0.15) is 11.8 Å². The molecule has 0 aliphatic carbocycles. The zero-order chi connectivity index (χ0) is 22.9. The Kier molecular flexibility index (Phi) is 5.36. The fraction of sp³-hybridized carbons (Fsp3) is 0.167. The van der Waals surface area contributed by atoms with Crippen LogP contribution in [0.25, 0.3) is 44.5 Å². The maximum atomic E-state index is 5.96. The van der Waals surface area contributed by atoms with E-state index in [-0.39, 0.29) is 0 Å². The van der Waals surface area contributed by atoms with Gasteiger partial charge in [-0.05, 0) is 53.6 Å². The van der Waals surface area contributed by atoms with Crippen LogP contribution in [0, 0.1) is 0 Å². The molecular weight excluding hydrogens is 418 g/mol. The van der Waals surface area contributed by atoms with Gasteiger partial charge in [-0.3, -0.25) is 4.98 Å². The second-order valence-corrected chi connectivity index (χ2v) is 9.00. The van der Waals surface area contributed by atoms with Crippen molar-refractivity contribution in [2.45, 2.75) is 0 Å². The summed E-state index contributed by atoms with van der Waals surface area (Å²) < 4.78 is 5.96. The van der Waals surface area contributed by atoms with E-state index in [1.165, 1.54) is 16.8 Å². The highest BCUT2D eigenvalue weighted by atomic mass is 16.3. The van der Waals surface area contributed by atoms with Gasteiger partial charge in [-0.1, -0.05) is 60.7 Å². The quantitative estimate of drug-likeness (QED) is 0.313. The molecule has 0 unspecified atom stereocenters. The Morgan fingerprint density at radius 2 is 1.38 bits per heavy atom. The third-order valence-electron chi connectivity index (χ3n) is 6.76. The van der Waals surface area contributed by atoms with Crippen LogP contribution >= 0.6 is 0 Å². The Balaban J connectivity index is 1.28. The molecule has 4 nitrogen and oxygen atoms in total. The first-order chi connectivity index (χ1) is 16.7. The molecule has 3 aromatic carbocycles. The number of aromatic nitrogens is 1. The molecule has 5 aromatic rings. The van der Waals surface area contributed by atoms with E-state index in [2.05, 4.69) is 95.7 Å². The number of pyridine rings is 1. The summed E-state index contributed by atoms with van der Waals surface area (Å²) in [6, 6.07) is 29.9. The number of anilines is 1. The van der Waals surface area contributed by atoms with Crippen molar-refractivity contribution in [3.8, 4) is 33.4 Å². The number of hydrogen-bond donors (Lipinski definition) is 0. The van der Waals surface area contributed by atoms with E-state index in [1.807, 2.05) is 18.5 Å². The van der Waals surface area contributed by atoms with Crippen LogP contribution < -0.4 is 4.90 Å². The summed E-state index contributed by atoms with van der Waals surface area (Å²) in [7, 11) is 2.18. The Bertz CT molecular complexity index is 1410. The Morgan fingerprint density at radius 3 is 2.18 bits per heavy atom. The van der Waals surface area contributed by atoms with Gasteiger partial charge in [0.05, 0.1) is 0 Å². The summed E-state index contributed by atoms with van der Waals surface area (Å²) in [5.74, 6) is 0. The first-order valence-electron chi connectivity index (χ1n) is 11.8. The zero-order valence-electron chi connectivity index (χ0n) is 19.3. The number of rotatable bonds is 4. The molecule has 1 aliphatic heterocycles. The number of benzene rings is 3. The lowest BCUT2D eigenvalue weighted by molar-refractivity contribution is 0.313. The van der Waals surface area contributed by atoms with Gasteiger partial charge < -0.3 is 14.2 Å². The maximum absolute atomic E-state index is 5.96. The van der Waals surface area contributed by atoms with Gasteiger partial charge in [-0.25, -0.2) is 0 Å². The van der Waals surface area contributed by atoms with Gasteiger partial charge in [0.15, 0.2) is 5.58 Å². The molecule has 0 N–H and O–H groups in total. The smallest absolute Gasteiger partial charge is 0.153 e. The van der Waals surface area contributed by atoms with Crippen LogP contribution in [0.3, 0.4) is 0 Å². The number of furan rings is 1. The van der Waals surface area contributed by atoms with Crippen molar-refractivity contribution in [3.63, 3.8) is 0 Å². The Morgan fingerprint density at radius 1 is 0.676 bits per heavy atom. The highest BCUT2D eigenvalue weighted by Gasteiger charge is 2.15. The van der Waals surface area contributed by atoms with E-state index in [0.717, 1.165) is 59.5 Å². The lowest BCUT2D eigenvalue weighted by atomic mass is 9.99. The molecule has 3 heterocycles. The Hall–Kier alpha value is -3.89. The molecule has 0 spiro atoms. The maximum Gasteiger partial charge on any atom is 0.153 e. The highest BCUT2D eigenvalue weighted by Crippen LogP contribution is 2.34. The number of hydrogen-bond acceptors (Lipinski definition) is 4. The fourth-order valence-electron chi connectivity index (χ4n) is 4.70. The monoisotopic (exact) mass is 445 g/mol. The molecule has 0 atom stereocenters. The van der Waals surface area contributed by atoms with Crippen LogP contribution in [0.2, 0.25) is 0 Å². The second kappa shape index (κ2) is 8.81. The van der Waals surface area contributed by atoms with E-state index in [9.17, 15) is 0 Å². The van der Waals surface area contributed by atoms with Gasteiger partial charge in [0.2, 0.25) is 0 Å². The lowest BCUT2D eigenvalue weighted by Crippen LogP contribution is -2.44. The SMILES string of the molecule is CN1CCN(c2ccc(-c3cnc4c(-c5cccc(-c6ccccc6)c5)coc4c3)cc2)CC1. The predicted octanol–water partition coefficient (Wildman–Crippen LogP) is 6.58. The number of fused-ring (bicyclic) bond motifs is 1. The zero-order valence-corrected chi connectivity index (χ0v) is 19.3. The van der Waals surface area contributed by atoms with Crippen LogP contribution in [-0.2, 0) is 0 Å². The minimum Gasteiger partial charge on any atom is -0.462 e. The van der Waals surface area contributed by atoms with Crippen LogP contribution in [-0.4, -0.2) is 43.1 Å². The number of nitrogens with zero attached hydrogens (tertiary/aromatic N) is 3. The first kappa shape index (κ1) is 20.7. The molecule has 0 saturated carbocycles. The molecule has 1 aliphatic rings. The average Bonchev–Trinajstić information content (AvgIpc) is 3.33. The third-order valence-corrected chi connectivity index (χ3v) is 6.76. The minimum absolute atomic E-state index is 0.806. The molecular formula is C30H27N3O. The predicted molar refractivity (Wildman–Crippen MR) is 140 cm³/mol. The molecule has 0 radical (unpaired) electrons. The molecule has 0 bridgehead atoms. The molecule has 4 heteroatoms. The third kappa shape index (κ3) is 3.97. The molecule has 0 amide bonds. The lowest BCUT2D eigenvalue weighted by Gasteiger charge is -2.34.